The third-order valence-corrected chi connectivity index (χ3v) is 4.61. The molecule has 1 aromatic heterocycles. The van der Waals surface area contributed by atoms with Crippen molar-refractivity contribution in [2.24, 2.45) is 0 Å². The number of benzene rings is 1. The maximum absolute atomic E-state index is 5.83. The Bertz CT molecular complexity index is 598. The molecule has 3 nitrogen and oxygen atoms in total. The lowest BCUT2D eigenvalue weighted by Crippen LogP contribution is -2.08. The summed E-state index contributed by atoms with van der Waals surface area (Å²) in [6, 6.07) is 11.1. The lowest BCUT2D eigenvalue weighted by molar-refractivity contribution is 1.03. The van der Waals surface area contributed by atoms with Gasteiger partial charge in [0.05, 0.1) is 16.4 Å². The number of nitrogen functional groups attached to an aromatic ring is 1. The van der Waals surface area contributed by atoms with Gasteiger partial charge in [0.2, 0.25) is 0 Å². The van der Waals surface area contributed by atoms with E-state index in [1.54, 1.807) is 6.20 Å². The molecule has 98 valence electrons. The minimum Gasteiger partial charge on any atom is -0.397 e. The van der Waals surface area contributed by atoms with E-state index in [0.717, 1.165) is 22.3 Å². The first-order valence-electron chi connectivity index (χ1n) is 6.39. The third kappa shape index (κ3) is 2.45. The Morgan fingerprint density at radius 2 is 2.05 bits per heavy atom. The van der Waals surface area contributed by atoms with Crippen molar-refractivity contribution in [2.45, 2.75) is 25.3 Å². The zero-order valence-corrected chi connectivity index (χ0v) is 12.3. The van der Waals surface area contributed by atoms with Gasteiger partial charge in [0, 0.05) is 12.0 Å². The summed E-state index contributed by atoms with van der Waals surface area (Å²) in [5.41, 5.74) is 8.98. The second kappa shape index (κ2) is 4.85. The molecule has 0 radical (unpaired) electrons. The zero-order valence-electron chi connectivity index (χ0n) is 10.7. The van der Waals surface area contributed by atoms with Crippen molar-refractivity contribution in [2.75, 3.05) is 11.1 Å². The molecule has 1 fully saturated rings. The van der Waals surface area contributed by atoms with E-state index in [2.05, 4.69) is 56.6 Å². The standard InChI is InChI=1S/C15H16BrN3/c1-9-12(17)8-18-15(14(9)16)19-13-7-11(13)10-5-3-2-4-6-10/h2-6,8,11,13H,7,17H2,1H3,(H,18,19). The molecule has 3 N–H and O–H groups in total. The highest BCUT2D eigenvalue weighted by atomic mass is 79.9. The Kier molecular flexibility index (Phi) is 3.19. The summed E-state index contributed by atoms with van der Waals surface area (Å²) in [5, 5.41) is 3.49. The van der Waals surface area contributed by atoms with Crippen LogP contribution in [0.15, 0.2) is 41.0 Å². The summed E-state index contributed by atoms with van der Waals surface area (Å²) >= 11 is 3.56. The smallest absolute Gasteiger partial charge is 0.140 e. The van der Waals surface area contributed by atoms with Gasteiger partial charge in [0.1, 0.15) is 5.82 Å². The summed E-state index contributed by atoms with van der Waals surface area (Å²) < 4.78 is 0.964. The molecule has 1 saturated carbocycles. The number of rotatable bonds is 3. The van der Waals surface area contributed by atoms with Crippen LogP contribution in [0.4, 0.5) is 11.5 Å². The van der Waals surface area contributed by atoms with E-state index in [1.807, 2.05) is 6.92 Å². The van der Waals surface area contributed by atoms with Crippen LogP contribution >= 0.6 is 15.9 Å². The SMILES string of the molecule is Cc1c(N)cnc(NC2CC2c2ccccc2)c1Br. The fourth-order valence-electron chi connectivity index (χ4n) is 2.29. The fraction of sp³-hybridized carbons (Fsp3) is 0.267. The van der Waals surface area contributed by atoms with Gasteiger partial charge >= 0.3 is 0 Å². The van der Waals surface area contributed by atoms with Gasteiger partial charge in [-0.05, 0) is 40.4 Å². The Hall–Kier alpha value is -1.55. The molecule has 2 atom stereocenters. The van der Waals surface area contributed by atoms with E-state index in [1.165, 1.54) is 5.56 Å². The van der Waals surface area contributed by atoms with Gasteiger partial charge in [-0.2, -0.15) is 0 Å². The molecule has 1 aliphatic carbocycles. The van der Waals surface area contributed by atoms with Crippen LogP contribution < -0.4 is 11.1 Å². The maximum Gasteiger partial charge on any atom is 0.140 e. The van der Waals surface area contributed by atoms with Gasteiger partial charge in [0.25, 0.3) is 0 Å². The van der Waals surface area contributed by atoms with Gasteiger partial charge in [0.15, 0.2) is 0 Å². The lowest BCUT2D eigenvalue weighted by Gasteiger charge is -2.10. The molecule has 1 aromatic carbocycles. The molecule has 0 amide bonds. The molecule has 19 heavy (non-hydrogen) atoms. The average molecular weight is 318 g/mol. The molecule has 2 aromatic rings. The molecule has 4 heteroatoms. The Morgan fingerprint density at radius 3 is 2.79 bits per heavy atom. The van der Waals surface area contributed by atoms with E-state index in [9.17, 15) is 0 Å². The molecule has 0 saturated heterocycles. The predicted molar refractivity (Wildman–Crippen MR) is 82.3 cm³/mol. The van der Waals surface area contributed by atoms with Gasteiger partial charge < -0.3 is 11.1 Å². The average Bonchev–Trinajstić information content (AvgIpc) is 3.20. The number of nitrogens with two attached hydrogens (primary N) is 1. The van der Waals surface area contributed by atoms with Crippen LogP contribution in [0.1, 0.15) is 23.5 Å². The topological polar surface area (TPSA) is 50.9 Å². The molecule has 0 spiro atoms. The summed E-state index contributed by atoms with van der Waals surface area (Å²) in [6.07, 6.45) is 2.86. The third-order valence-electron chi connectivity index (χ3n) is 3.64. The molecule has 0 bridgehead atoms. The van der Waals surface area contributed by atoms with Crippen molar-refractivity contribution < 1.29 is 0 Å². The monoisotopic (exact) mass is 317 g/mol. The van der Waals surface area contributed by atoms with Gasteiger partial charge in [-0.3, -0.25) is 0 Å². The Morgan fingerprint density at radius 1 is 1.32 bits per heavy atom. The number of halogens is 1. The number of nitrogens with zero attached hydrogens (tertiary/aromatic N) is 1. The number of aromatic nitrogens is 1. The van der Waals surface area contributed by atoms with Crippen molar-refractivity contribution in [1.29, 1.82) is 0 Å². The van der Waals surface area contributed by atoms with Crippen molar-refractivity contribution >= 4 is 27.4 Å². The van der Waals surface area contributed by atoms with E-state index in [4.69, 9.17) is 5.73 Å². The van der Waals surface area contributed by atoms with E-state index >= 15 is 0 Å². The quantitative estimate of drug-likeness (QED) is 0.907. The van der Waals surface area contributed by atoms with Crippen LogP contribution in [0.3, 0.4) is 0 Å². The summed E-state index contributed by atoms with van der Waals surface area (Å²) in [5.74, 6) is 1.47. The van der Waals surface area contributed by atoms with E-state index < -0.39 is 0 Å². The largest absolute Gasteiger partial charge is 0.397 e. The van der Waals surface area contributed by atoms with Crippen LogP contribution in [0, 0.1) is 6.92 Å². The highest BCUT2D eigenvalue weighted by Crippen LogP contribution is 2.43. The van der Waals surface area contributed by atoms with E-state index in [-0.39, 0.29) is 0 Å². The minimum absolute atomic E-state index is 0.467. The molecular weight excluding hydrogens is 302 g/mol. The first kappa shape index (κ1) is 12.5. The zero-order chi connectivity index (χ0) is 13.4. The first-order chi connectivity index (χ1) is 9.16. The molecule has 1 heterocycles. The summed E-state index contributed by atoms with van der Waals surface area (Å²) in [7, 11) is 0. The molecule has 2 unspecified atom stereocenters. The van der Waals surface area contributed by atoms with E-state index in [0.29, 0.717) is 17.6 Å². The van der Waals surface area contributed by atoms with Crippen molar-refractivity contribution in [3.05, 3.63) is 52.1 Å². The van der Waals surface area contributed by atoms with Crippen LogP contribution in [0.2, 0.25) is 0 Å². The Balaban J connectivity index is 1.73. The van der Waals surface area contributed by atoms with Gasteiger partial charge in [-0.15, -0.1) is 0 Å². The molecule has 1 aliphatic rings. The summed E-state index contributed by atoms with van der Waals surface area (Å²) in [4.78, 5) is 4.36. The molecular formula is C15H16BrN3. The van der Waals surface area contributed by atoms with Crippen LogP contribution in [-0.4, -0.2) is 11.0 Å². The maximum atomic E-state index is 5.83. The number of hydrogen-bond acceptors (Lipinski definition) is 3. The van der Waals surface area contributed by atoms with Crippen LogP contribution in [0.25, 0.3) is 0 Å². The second-order valence-corrected chi connectivity index (χ2v) is 5.80. The number of nitrogens with one attached hydrogen (secondary N) is 1. The fourth-order valence-corrected chi connectivity index (χ4v) is 2.74. The van der Waals surface area contributed by atoms with Crippen molar-refractivity contribution in [3.8, 4) is 0 Å². The highest BCUT2D eigenvalue weighted by molar-refractivity contribution is 9.10. The summed E-state index contributed by atoms with van der Waals surface area (Å²) in [6.45, 7) is 1.99. The van der Waals surface area contributed by atoms with Gasteiger partial charge in [-0.1, -0.05) is 30.3 Å². The molecule has 3 rings (SSSR count). The van der Waals surface area contributed by atoms with Gasteiger partial charge in [-0.25, -0.2) is 4.98 Å². The number of hydrogen-bond donors (Lipinski definition) is 2. The second-order valence-electron chi connectivity index (χ2n) is 5.00. The van der Waals surface area contributed by atoms with Crippen molar-refractivity contribution in [1.82, 2.24) is 4.98 Å². The highest BCUT2D eigenvalue weighted by Gasteiger charge is 2.38. The van der Waals surface area contributed by atoms with Crippen LogP contribution in [0.5, 0.6) is 0 Å². The normalized spacial score (nSPS) is 21.2. The number of pyridine rings is 1. The van der Waals surface area contributed by atoms with Crippen molar-refractivity contribution in [3.63, 3.8) is 0 Å². The lowest BCUT2D eigenvalue weighted by atomic mass is 10.1. The van der Waals surface area contributed by atoms with Crippen LogP contribution in [-0.2, 0) is 0 Å². The predicted octanol–water partition coefficient (Wildman–Crippen LogP) is 3.70. The Labute approximate surface area is 121 Å². The number of anilines is 2. The first-order valence-corrected chi connectivity index (χ1v) is 7.18. The minimum atomic E-state index is 0.467. The molecule has 0 aliphatic heterocycles.